The molecule has 0 saturated carbocycles. The van der Waals surface area contributed by atoms with Gasteiger partial charge in [0.15, 0.2) is 18.9 Å². The van der Waals surface area contributed by atoms with Gasteiger partial charge in [-0.25, -0.2) is 0 Å². The molecule has 0 bridgehead atoms. The van der Waals surface area contributed by atoms with Crippen LogP contribution in [0, 0.1) is 0 Å². The normalized spacial score (nSPS) is 28.5. The molecule has 3 aliphatic rings. The number of ether oxygens (including phenoxy) is 6. The standard InChI is InChI=1S/C69H129NO18/c1-3-5-7-9-11-13-15-17-19-21-23-24-25-26-27-29-30-32-34-36-38-40-42-44-46-53(74)52(70-57(75)47-45-43-41-39-37-35-33-31-28-22-20-18-16-14-12-10-8-6-4-2)51-83-67-63(81)60(78)65(55(49-72)85-67)88-69-64(82)61(79)66(56(50-73)86-69)87-68-62(80)59(77)58(76)54(48-71)84-68/h18,20,44,46,52-56,58-69,71-74,76-82H,3-17,19,21-43,45,47-51H2,1-2H3,(H,70,75)/b20-18-,46-44+. The van der Waals surface area contributed by atoms with Crippen LogP contribution < -0.4 is 5.32 Å². The highest BCUT2D eigenvalue weighted by Gasteiger charge is 2.53. The fraction of sp³-hybridized carbons (Fsp3) is 0.928. The summed E-state index contributed by atoms with van der Waals surface area (Å²) >= 11 is 0. The Morgan fingerprint density at radius 3 is 1.10 bits per heavy atom. The van der Waals surface area contributed by atoms with E-state index in [9.17, 15) is 61.0 Å². The van der Waals surface area contributed by atoms with Crippen molar-refractivity contribution in [3.63, 3.8) is 0 Å². The SMILES string of the molecule is CCCCCCCC/C=C\CCCCCCCCCCCC(=O)NC(COC1OC(CO)C(OC2OC(CO)C(OC3OC(CO)C(O)C(O)C3O)C(O)C2O)C(O)C1O)C(O)/C=C/CCCCCCCCCCCCCCCCCCCCCCCC. The molecule has 3 aliphatic heterocycles. The van der Waals surface area contributed by atoms with Gasteiger partial charge in [-0.2, -0.15) is 0 Å². The lowest BCUT2D eigenvalue weighted by Gasteiger charge is -2.48. The molecule has 518 valence electrons. The van der Waals surface area contributed by atoms with Gasteiger partial charge in [0, 0.05) is 6.42 Å². The second kappa shape index (κ2) is 51.7. The third kappa shape index (κ3) is 33.4. The Hall–Kier alpha value is -1.73. The first-order chi connectivity index (χ1) is 42.8. The number of carbonyl (C=O) groups excluding carboxylic acids is 1. The van der Waals surface area contributed by atoms with Crippen LogP contribution in [0.3, 0.4) is 0 Å². The lowest BCUT2D eigenvalue weighted by atomic mass is 9.96. The van der Waals surface area contributed by atoms with E-state index in [-0.39, 0.29) is 18.9 Å². The summed E-state index contributed by atoms with van der Waals surface area (Å²) in [6.45, 7) is 1.76. The molecule has 17 unspecified atom stereocenters. The van der Waals surface area contributed by atoms with Crippen molar-refractivity contribution in [3.05, 3.63) is 24.3 Å². The second-order valence-corrected chi connectivity index (χ2v) is 25.7. The van der Waals surface area contributed by atoms with Crippen molar-refractivity contribution in [2.24, 2.45) is 0 Å². The molecule has 3 heterocycles. The van der Waals surface area contributed by atoms with Gasteiger partial charge in [-0.1, -0.05) is 250 Å². The number of hydrogen-bond donors (Lipinski definition) is 12. The maximum atomic E-state index is 13.4. The van der Waals surface area contributed by atoms with Gasteiger partial charge in [0.2, 0.25) is 5.91 Å². The molecule has 0 radical (unpaired) electrons. The summed E-state index contributed by atoms with van der Waals surface area (Å²) < 4.78 is 34.4. The third-order valence-corrected chi connectivity index (χ3v) is 18.0. The Kier molecular flexibility index (Phi) is 47.3. The van der Waals surface area contributed by atoms with Crippen molar-refractivity contribution >= 4 is 5.91 Å². The minimum atomic E-state index is -1.98. The number of hydrogen-bond acceptors (Lipinski definition) is 18. The number of allylic oxidation sites excluding steroid dienone is 3. The largest absolute Gasteiger partial charge is 0.394 e. The molecule has 3 rings (SSSR count). The molecule has 17 atom stereocenters. The summed E-state index contributed by atoms with van der Waals surface area (Å²) in [6, 6.07) is -0.973. The van der Waals surface area contributed by atoms with Crippen LogP contribution in [0.5, 0.6) is 0 Å². The van der Waals surface area contributed by atoms with Crippen LogP contribution in [0.25, 0.3) is 0 Å². The highest BCUT2D eigenvalue weighted by atomic mass is 16.8. The highest BCUT2D eigenvalue weighted by Crippen LogP contribution is 2.33. The zero-order chi connectivity index (χ0) is 64.0. The predicted octanol–water partition coefficient (Wildman–Crippen LogP) is 9.44. The summed E-state index contributed by atoms with van der Waals surface area (Å²) in [7, 11) is 0. The van der Waals surface area contributed by atoms with Crippen LogP contribution in [0.15, 0.2) is 24.3 Å². The minimum absolute atomic E-state index is 0.243. The highest BCUT2D eigenvalue weighted by molar-refractivity contribution is 5.76. The summed E-state index contributed by atoms with van der Waals surface area (Å²) in [5.41, 5.74) is 0. The molecule has 3 fully saturated rings. The molecule has 0 aromatic carbocycles. The van der Waals surface area contributed by atoms with Crippen LogP contribution in [-0.2, 0) is 33.2 Å². The van der Waals surface area contributed by atoms with E-state index in [0.29, 0.717) is 6.42 Å². The smallest absolute Gasteiger partial charge is 0.220 e. The first kappa shape index (κ1) is 80.5. The van der Waals surface area contributed by atoms with Gasteiger partial charge < -0.3 is 89.9 Å². The monoisotopic (exact) mass is 1260 g/mol. The number of aliphatic hydroxyl groups is 11. The van der Waals surface area contributed by atoms with E-state index < -0.39 is 124 Å². The number of nitrogens with one attached hydrogen (secondary N) is 1. The van der Waals surface area contributed by atoms with Gasteiger partial charge in [-0.3, -0.25) is 4.79 Å². The molecule has 1 amide bonds. The van der Waals surface area contributed by atoms with Crippen LogP contribution in [0.4, 0.5) is 0 Å². The van der Waals surface area contributed by atoms with Crippen molar-refractivity contribution in [1.29, 1.82) is 0 Å². The first-order valence-corrected chi connectivity index (χ1v) is 35.6. The molecule has 19 heteroatoms. The molecular weight excluding hydrogens is 1130 g/mol. The van der Waals surface area contributed by atoms with Crippen molar-refractivity contribution < 1.29 is 89.4 Å². The molecule has 19 nitrogen and oxygen atoms in total. The lowest BCUT2D eigenvalue weighted by molar-refractivity contribution is -0.379. The minimum Gasteiger partial charge on any atom is -0.394 e. The van der Waals surface area contributed by atoms with Gasteiger partial charge in [0.05, 0.1) is 38.6 Å². The van der Waals surface area contributed by atoms with E-state index in [4.69, 9.17) is 28.4 Å². The zero-order valence-corrected chi connectivity index (χ0v) is 54.7. The average Bonchev–Trinajstić information content (AvgIpc) is 3.71. The van der Waals surface area contributed by atoms with Crippen molar-refractivity contribution in [3.8, 4) is 0 Å². The fourth-order valence-electron chi connectivity index (χ4n) is 12.2. The van der Waals surface area contributed by atoms with Crippen LogP contribution in [0.1, 0.15) is 277 Å². The molecule has 88 heavy (non-hydrogen) atoms. The van der Waals surface area contributed by atoms with E-state index >= 15 is 0 Å². The van der Waals surface area contributed by atoms with E-state index in [1.54, 1.807) is 6.08 Å². The van der Waals surface area contributed by atoms with Crippen LogP contribution >= 0.6 is 0 Å². The summed E-state index contributed by atoms with van der Waals surface area (Å²) in [6.07, 6.45) is 31.5. The Morgan fingerprint density at radius 2 is 0.716 bits per heavy atom. The van der Waals surface area contributed by atoms with Gasteiger partial charge in [0.1, 0.15) is 73.2 Å². The van der Waals surface area contributed by atoms with Crippen molar-refractivity contribution in [2.75, 3.05) is 26.4 Å². The quantitative estimate of drug-likeness (QED) is 0.0199. The van der Waals surface area contributed by atoms with E-state index in [2.05, 4.69) is 31.3 Å². The van der Waals surface area contributed by atoms with E-state index in [1.807, 2.05) is 6.08 Å². The van der Waals surface area contributed by atoms with Crippen molar-refractivity contribution in [1.82, 2.24) is 5.32 Å². The van der Waals surface area contributed by atoms with Gasteiger partial charge in [-0.05, 0) is 44.9 Å². The van der Waals surface area contributed by atoms with Crippen molar-refractivity contribution in [2.45, 2.75) is 381 Å². The Bertz CT molecular complexity index is 1690. The van der Waals surface area contributed by atoms with E-state index in [0.717, 1.165) is 51.4 Å². The molecule has 0 aliphatic carbocycles. The summed E-state index contributed by atoms with van der Waals surface area (Å²) in [5.74, 6) is -0.274. The fourth-order valence-corrected chi connectivity index (χ4v) is 12.2. The van der Waals surface area contributed by atoms with Gasteiger partial charge >= 0.3 is 0 Å². The predicted molar refractivity (Wildman–Crippen MR) is 342 cm³/mol. The molecule has 12 N–H and O–H groups in total. The zero-order valence-electron chi connectivity index (χ0n) is 54.7. The van der Waals surface area contributed by atoms with Gasteiger partial charge in [0.25, 0.3) is 0 Å². The second-order valence-electron chi connectivity index (χ2n) is 25.7. The number of aliphatic hydroxyl groups excluding tert-OH is 11. The molecular formula is C69H129NO18. The average molecular weight is 1260 g/mol. The van der Waals surface area contributed by atoms with Crippen LogP contribution in [0.2, 0.25) is 0 Å². The summed E-state index contributed by atoms with van der Waals surface area (Å²) in [4.78, 5) is 13.4. The Morgan fingerprint density at radius 1 is 0.398 bits per heavy atom. The number of unbranched alkanes of at least 4 members (excludes halogenated alkanes) is 37. The number of amides is 1. The summed E-state index contributed by atoms with van der Waals surface area (Å²) in [5, 5.41) is 121. The Labute approximate surface area is 530 Å². The number of rotatable bonds is 55. The van der Waals surface area contributed by atoms with Gasteiger partial charge in [-0.15, -0.1) is 0 Å². The van der Waals surface area contributed by atoms with E-state index in [1.165, 1.54) is 199 Å². The molecule has 3 saturated heterocycles. The maximum Gasteiger partial charge on any atom is 0.220 e. The maximum absolute atomic E-state index is 13.4. The van der Waals surface area contributed by atoms with Crippen LogP contribution in [-0.4, -0.2) is 193 Å². The molecule has 0 spiro atoms. The topological polar surface area (TPSA) is 307 Å². The number of carbonyl (C=O) groups is 1. The molecule has 0 aromatic heterocycles. The lowest BCUT2D eigenvalue weighted by Crippen LogP contribution is -2.66. The third-order valence-electron chi connectivity index (χ3n) is 18.0. The molecule has 0 aromatic rings. The Balaban J connectivity index is 1.44. The first-order valence-electron chi connectivity index (χ1n) is 35.6.